The number of ether oxygens (including phenoxy) is 2. The summed E-state index contributed by atoms with van der Waals surface area (Å²) in [6.45, 7) is 0.405. The number of benzene rings is 2. The van der Waals surface area contributed by atoms with Crippen molar-refractivity contribution in [1.29, 1.82) is 0 Å². The van der Waals surface area contributed by atoms with E-state index in [0.29, 0.717) is 17.9 Å². The van der Waals surface area contributed by atoms with Gasteiger partial charge >= 0.3 is 0 Å². The van der Waals surface area contributed by atoms with E-state index in [-0.39, 0.29) is 0 Å². The molecule has 2 aromatic rings. The van der Waals surface area contributed by atoms with Crippen molar-refractivity contribution in [2.75, 3.05) is 7.11 Å². The van der Waals surface area contributed by atoms with Crippen molar-refractivity contribution < 1.29 is 14.3 Å². The fourth-order valence-electron chi connectivity index (χ4n) is 1.63. The predicted molar refractivity (Wildman–Crippen MR) is 69.2 cm³/mol. The number of aldehydes is 1. The molecule has 0 bridgehead atoms. The van der Waals surface area contributed by atoms with Crippen LogP contribution in [-0.4, -0.2) is 13.4 Å². The molecule has 2 aromatic carbocycles. The predicted octanol–water partition coefficient (Wildman–Crippen LogP) is 3.09. The summed E-state index contributed by atoms with van der Waals surface area (Å²) in [4.78, 5) is 10.8. The average Bonchev–Trinajstić information content (AvgIpc) is 2.45. The van der Waals surface area contributed by atoms with Crippen LogP contribution in [0.1, 0.15) is 15.9 Å². The van der Waals surface area contributed by atoms with Crippen molar-refractivity contribution in [3.05, 3.63) is 59.7 Å². The van der Waals surface area contributed by atoms with Gasteiger partial charge in [0.25, 0.3) is 0 Å². The summed E-state index contributed by atoms with van der Waals surface area (Å²) in [7, 11) is 1.63. The summed E-state index contributed by atoms with van der Waals surface area (Å²) < 4.78 is 10.8. The van der Waals surface area contributed by atoms with E-state index >= 15 is 0 Å². The lowest BCUT2D eigenvalue weighted by atomic mass is 10.2. The van der Waals surface area contributed by atoms with Crippen LogP contribution in [0.5, 0.6) is 11.5 Å². The van der Waals surface area contributed by atoms with E-state index in [9.17, 15) is 4.79 Å². The highest BCUT2D eigenvalue weighted by molar-refractivity contribution is 5.79. The molecule has 0 saturated heterocycles. The van der Waals surface area contributed by atoms with E-state index in [1.807, 2.05) is 36.4 Å². The zero-order valence-electron chi connectivity index (χ0n) is 10.1. The Labute approximate surface area is 106 Å². The minimum atomic E-state index is 0.405. The largest absolute Gasteiger partial charge is 0.497 e. The van der Waals surface area contributed by atoms with Gasteiger partial charge in [-0.2, -0.15) is 0 Å². The quantitative estimate of drug-likeness (QED) is 0.756. The molecule has 0 fully saturated rings. The van der Waals surface area contributed by atoms with E-state index < -0.39 is 0 Å². The molecule has 0 N–H and O–H groups in total. The number of hydrogen-bond donors (Lipinski definition) is 0. The molecule has 0 heterocycles. The van der Waals surface area contributed by atoms with Crippen molar-refractivity contribution in [3.63, 3.8) is 0 Å². The van der Waals surface area contributed by atoms with Crippen molar-refractivity contribution in [2.45, 2.75) is 6.61 Å². The lowest BCUT2D eigenvalue weighted by Gasteiger charge is -2.09. The van der Waals surface area contributed by atoms with Gasteiger partial charge in [-0.15, -0.1) is 0 Å². The molecular weight excluding hydrogens is 228 g/mol. The molecule has 0 aromatic heterocycles. The maximum Gasteiger partial charge on any atom is 0.153 e. The molecule has 0 unspecified atom stereocenters. The van der Waals surface area contributed by atoms with Gasteiger partial charge in [-0.1, -0.05) is 24.3 Å². The number of para-hydroxylation sites is 1. The average molecular weight is 242 g/mol. The van der Waals surface area contributed by atoms with Crippen LogP contribution in [0.3, 0.4) is 0 Å². The number of carbonyl (C=O) groups excluding carboxylic acids is 1. The van der Waals surface area contributed by atoms with Crippen LogP contribution >= 0.6 is 0 Å². The van der Waals surface area contributed by atoms with Crippen molar-refractivity contribution in [3.8, 4) is 11.5 Å². The third-order valence-corrected chi connectivity index (χ3v) is 2.57. The van der Waals surface area contributed by atoms with Gasteiger partial charge < -0.3 is 9.47 Å². The van der Waals surface area contributed by atoms with E-state index in [2.05, 4.69) is 0 Å². The maximum absolute atomic E-state index is 10.8. The van der Waals surface area contributed by atoms with Gasteiger partial charge in [-0.25, -0.2) is 0 Å². The minimum absolute atomic E-state index is 0.405. The Hall–Kier alpha value is -2.29. The summed E-state index contributed by atoms with van der Waals surface area (Å²) in [5, 5.41) is 0. The van der Waals surface area contributed by atoms with Crippen LogP contribution in [0.4, 0.5) is 0 Å². The molecule has 92 valence electrons. The number of hydrogen-bond acceptors (Lipinski definition) is 3. The normalized spacial score (nSPS) is 9.83. The summed E-state index contributed by atoms with van der Waals surface area (Å²) in [5.74, 6) is 1.38. The molecular formula is C15H14O3. The van der Waals surface area contributed by atoms with Crippen molar-refractivity contribution >= 4 is 6.29 Å². The first-order valence-electron chi connectivity index (χ1n) is 5.63. The molecule has 0 spiro atoms. The minimum Gasteiger partial charge on any atom is -0.497 e. The second-order valence-corrected chi connectivity index (χ2v) is 3.80. The third kappa shape index (κ3) is 2.88. The van der Waals surface area contributed by atoms with Gasteiger partial charge in [0.1, 0.15) is 18.1 Å². The molecule has 2 rings (SSSR count). The van der Waals surface area contributed by atoms with Gasteiger partial charge in [0.05, 0.1) is 12.7 Å². The summed E-state index contributed by atoms with van der Waals surface area (Å²) in [6, 6.07) is 14.8. The molecule has 0 saturated carbocycles. The van der Waals surface area contributed by atoms with E-state index in [1.54, 1.807) is 19.2 Å². The van der Waals surface area contributed by atoms with Gasteiger partial charge in [0.2, 0.25) is 0 Å². The SMILES string of the molecule is COc1cccc(COc2ccccc2C=O)c1. The maximum atomic E-state index is 10.8. The van der Waals surface area contributed by atoms with Crippen LogP contribution in [0.2, 0.25) is 0 Å². The molecule has 0 amide bonds. The number of carbonyl (C=O) groups is 1. The topological polar surface area (TPSA) is 35.5 Å². The lowest BCUT2D eigenvalue weighted by molar-refractivity contribution is 0.111. The second kappa shape index (κ2) is 5.87. The first kappa shape index (κ1) is 12.2. The molecule has 0 aliphatic carbocycles. The third-order valence-electron chi connectivity index (χ3n) is 2.57. The Bertz CT molecular complexity index is 535. The smallest absolute Gasteiger partial charge is 0.153 e. The fourth-order valence-corrected chi connectivity index (χ4v) is 1.63. The van der Waals surface area contributed by atoms with E-state index in [0.717, 1.165) is 17.6 Å². The number of methoxy groups -OCH3 is 1. The zero-order chi connectivity index (χ0) is 12.8. The van der Waals surface area contributed by atoms with Gasteiger partial charge in [-0.05, 0) is 29.8 Å². The highest BCUT2D eigenvalue weighted by Gasteiger charge is 2.02. The number of rotatable bonds is 5. The lowest BCUT2D eigenvalue weighted by Crippen LogP contribution is -1.98. The summed E-state index contributed by atoms with van der Waals surface area (Å²) in [6.07, 6.45) is 0.793. The Balaban J connectivity index is 2.08. The summed E-state index contributed by atoms with van der Waals surface area (Å²) in [5.41, 5.74) is 1.55. The Morgan fingerprint density at radius 2 is 1.94 bits per heavy atom. The first-order chi connectivity index (χ1) is 8.83. The molecule has 0 aliphatic heterocycles. The van der Waals surface area contributed by atoms with Crippen molar-refractivity contribution in [2.24, 2.45) is 0 Å². The molecule has 3 heteroatoms. The molecule has 3 nitrogen and oxygen atoms in total. The molecule has 0 aliphatic rings. The monoisotopic (exact) mass is 242 g/mol. The molecule has 0 atom stereocenters. The van der Waals surface area contributed by atoms with Crippen LogP contribution in [-0.2, 0) is 6.61 Å². The van der Waals surface area contributed by atoms with Crippen LogP contribution in [0.25, 0.3) is 0 Å². The highest BCUT2D eigenvalue weighted by Crippen LogP contribution is 2.19. The van der Waals surface area contributed by atoms with E-state index in [1.165, 1.54) is 0 Å². The fraction of sp³-hybridized carbons (Fsp3) is 0.133. The zero-order valence-corrected chi connectivity index (χ0v) is 10.1. The van der Waals surface area contributed by atoms with Crippen LogP contribution in [0.15, 0.2) is 48.5 Å². The van der Waals surface area contributed by atoms with Gasteiger partial charge in [0.15, 0.2) is 6.29 Å². The van der Waals surface area contributed by atoms with Gasteiger partial charge in [-0.3, -0.25) is 4.79 Å². The molecule has 0 radical (unpaired) electrons. The Morgan fingerprint density at radius 3 is 2.72 bits per heavy atom. The Kier molecular flexibility index (Phi) is 3.97. The first-order valence-corrected chi connectivity index (χ1v) is 5.63. The van der Waals surface area contributed by atoms with Crippen molar-refractivity contribution in [1.82, 2.24) is 0 Å². The Morgan fingerprint density at radius 1 is 1.11 bits per heavy atom. The van der Waals surface area contributed by atoms with Crippen LogP contribution in [0, 0.1) is 0 Å². The second-order valence-electron chi connectivity index (χ2n) is 3.80. The molecule has 18 heavy (non-hydrogen) atoms. The highest BCUT2D eigenvalue weighted by atomic mass is 16.5. The van der Waals surface area contributed by atoms with Crippen LogP contribution < -0.4 is 9.47 Å². The standard InChI is InChI=1S/C15H14O3/c1-17-14-7-4-5-12(9-14)11-18-15-8-3-2-6-13(15)10-16/h2-10H,11H2,1H3. The van der Waals surface area contributed by atoms with E-state index in [4.69, 9.17) is 9.47 Å². The van der Waals surface area contributed by atoms with Gasteiger partial charge in [0, 0.05) is 0 Å². The summed E-state index contributed by atoms with van der Waals surface area (Å²) >= 11 is 0.